The predicted octanol–water partition coefficient (Wildman–Crippen LogP) is 4.21. The Labute approximate surface area is 177 Å². The first kappa shape index (κ1) is 24.8. The van der Waals surface area contributed by atoms with Crippen molar-refractivity contribution in [2.24, 2.45) is 0 Å². The average molecular weight is 427 g/mol. The molecule has 6 nitrogen and oxygen atoms in total. The second-order valence-corrected chi connectivity index (χ2v) is 8.19. The number of benzene rings is 1. The van der Waals surface area contributed by atoms with E-state index < -0.39 is 23.8 Å². The molecule has 8 heteroatoms. The van der Waals surface area contributed by atoms with E-state index in [1.54, 1.807) is 44.7 Å². The van der Waals surface area contributed by atoms with Crippen molar-refractivity contribution < 1.29 is 23.5 Å². The number of amides is 2. The van der Waals surface area contributed by atoms with Gasteiger partial charge in [-0.3, -0.25) is 4.79 Å². The third-order valence-corrected chi connectivity index (χ3v) is 4.50. The maximum atomic E-state index is 13.3. The van der Waals surface area contributed by atoms with Crippen LogP contribution in [0.2, 0.25) is 0 Å². The molecule has 0 bridgehead atoms. The molecule has 0 saturated carbocycles. The van der Waals surface area contributed by atoms with Crippen LogP contribution >= 0.6 is 12.2 Å². The van der Waals surface area contributed by atoms with Crippen molar-refractivity contribution in [2.45, 2.75) is 71.7 Å². The van der Waals surface area contributed by atoms with Crippen LogP contribution in [0.4, 0.5) is 9.18 Å². The van der Waals surface area contributed by atoms with E-state index in [1.807, 2.05) is 6.92 Å². The highest BCUT2D eigenvalue weighted by Gasteiger charge is 2.32. The Hall–Kier alpha value is -2.22. The molecule has 1 aromatic carbocycles. The first-order valence-corrected chi connectivity index (χ1v) is 10.0. The summed E-state index contributed by atoms with van der Waals surface area (Å²) in [6.45, 7) is 9.00. The Morgan fingerprint density at radius 3 is 2.31 bits per heavy atom. The maximum absolute atomic E-state index is 13.3. The number of rotatable bonds is 8. The van der Waals surface area contributed by atoms with E-state index in [0.717, 1.165) is 12.0 Å². The van der Waals surface area contributed by atoms with Gasteiger partial charge < -0.3 is 19.7 Å². The predicted molar refractivity (Wildman–Crippen MR) is 114 cm³/mol. The number of carbonyl (C=O) groups is 2. The Bertz CT molecular complexity index is 704. The Morgan fingerprint density at radius 1 is 1.24 bits per heavy atom. The number of methoxy groups -OCH3 is 1. The molecule has 1 N–H and O–H groups in total. The van der Waals surface area contributed by atoms with E-state index >= 15 is 0 Å². The molecule has 0 heterocycles. The zero-order valence-corrected chi connectivity index (χ0v) is 18.8. The van der Waals surface area contributed by atoms with Crippen molar-refractivity contribution in [3.05, 3.63) is 35.6 Å². The molecule has 0 fully saturated rings. The van der Waals surface area contributed by atoms with Crippen LogP contribution in [0.1, 0.15) is 53.0 Å². The number of nitrogens with one attached hydrogen (secondary N) is 1. The maximum Gasteiger partial charge on any atom is 0.408 e. The summed E-state index contributed by atoms with van der Waals surface area (Å²) in [4.78, 5) is 26.9. The fraction of sp³-hybridized carbons (Fsp3) is 0.571. The molecule has 0 spiro atoms. The van der Waals surface area contributed by atoms with Gasteiger partial charge in [0.25, 0.3) is 0 Å². The monoisotopic (exact) mass is 426 g/mol. The SMILES string of the molecule is CCC[C@H](C(=S)OC)N(Cc1ccc(F)cc1)C(=O)[C@H](C)NC(=O)OC(C)(C)C. The lowest BCUT2D eigenvalue weighted by molar-refractivity contribution is -0.135. The normalized spacial score (nSPS) is 13.2. The van der Waals surface area contributed by atoms with Crippen molar-refractivity contribution in [2.75, 3.05) is 7.11 Å². The molecule has 2 atom stereocenters. The third kappa shape index (κ3) is 8.35. The van der Waals surface area contributed by atoms with Gasteiger partial charge in [0.2, 0.25) is 5.91 Å². The lowest BCUT2D eigenvalue weighted by Crippen LogP contribution is -2.53. The molecule has 0 aromatic heterocycles. The second-order valence-electron chi connectivity index (χ2n) is 7.79. The van der Waals surface area contributed by atoms with E-state index in [-0.39, 0.29) is 23.3 Å². The van der Waals surface area contributed by atoms with Gasteiger partial charge in [0, 0.05) is 6.54 Å². The molecule has 0 saturated heterocycles. The number of thiocarbonyl (C=S) groups is 1. The van der Waals surface area contributed by atoms with Crippen LogP contribution in [0.5, 0.6) is 0 Å². The zero-order valence-electron chi connectivity index (χ0n) is 18.0. The topological polar surface area (TPSA) is 67.9 Å². The smallest absolute Gasteiger partial charge is 0.408 e. The number of carbonyl (C=O) groups excluding carboxylic acids is 2. The highest BCUT2D eigenvalue weighted by Crippen LogP contribution is 2.17. The van der Waals surface area contributed by atoms with Gasteiger partial charge in [0.15, 0.2) is 5.05 Å². The summed E-state index contributed by atoms with van der Waals surface area (Å²) in [5, 5.41) is 2.85. The van der Waals surface area contributed by atoms with Crippen molar-refractivity contribution >= 4 is 29.3 Å². The van der Waals surface area contributed by atoms with Gasteiger partial charge in [-0.05, 0) is 64.0 Å². The average Bonchev–Trinajstić information content (AvgIpc) is 2.63. The molecule has 1 aromatic rings. The van der Waals surface area contributed by atoms with Gasteiger partial charge in [-0.25, -0.2) is 9.18 Å². The van der Waals surface area contributed by atoms with Gasteiger partial charge in [0.1, 0.15) is 23.5 Å². The number of hydrogen-bond donors (Lipinski definition) is 1. The summed E-state index contributed by atoms with van der Waals surface area (Å²) < 4.78 is 23.7. The summed E-state index contributed by atoms with van der Waals surface area (Å²) in [5.74, 6) is -0.692. The Balaban J connectivity index is 3.09. The van der Waals surface area contributed by atoms with E-state index in [0.29, 0.717) is 6.42 Å². The standard InChI is InChI=1S/C21H31FN2O4S/c1-7-8-17(19(29)27-6)24(13-15-9-11-16(22)12-10-15)18(25)14(2)23-20(26)28-21(3,4)5/h9-12,14,17H,7-8,13H2,1-6H3,(H,23,26)/t14-,17+/m0/s1. The first-order valence-electron chi connectivity index (χ1n) is 9.60. The summed E-state index contributed by atoms with van der Waals surface area (Å²) in [6, 6.07) is 4.60. The first-order chi connectivity index (χ1) is 13.5. The van der Waals surface area contributed by atoms with E-state index in [2.05, 4.69) is 5.32 Å². The van der Waals surface area contributed by atoms with Crippen LogP contribution < -0.4 is 5.32 Å². The summed E-state index contributed by atoms with van der Waals surface area (Å²) in [7, 11) is 1.47. The van der Waals surface area contributed by atoms with Gasteiger partial charge in [-0.15, -0.1) is 0 Å². The van der Waals surface area contributed by atoms with Gasteiger partial charge in [0.05, 0.1) is 7.11 Å². The second kappa shape index (κ2) is 11.1. The van der Waals surface area contributed by atoms with Gasteiger partial charge >= 0.3 is 6.09 Å². The Kier molecular flexibility index (Phi) is 9.49. The Morgan fingerprint density at radius 2 is 1.83 bits per heavy atom. The van der Waals surface area contributed by atoms with Crippen LogP contribution in [0.15, 0.2) is 24.3 Å². The van der Waals surface area contributed by atoms with Gasteiger partial charge in [-0.2, -0.15) is 0 Å². The fourth-order valence-electron chi connectivity index (χ4n) is 2.73. The van der Waals surface area contributed by atoms with Crippen LogP contribution in [-0.2, 0) is 20.8 Å². The molecular formula is C21H31FN2O4S. The van der Waals surface area contributed by atoms with Crippen LogP contribution in [0.25, 0.3) is 0 Å². The third-order valence-electron chi connectivity index (χ3n) is 4.06. The quantitative estimate of drug-likeness (QED) is 0.631. The summed E-state index contributed by atoms with van der Waals surface area (Å²) in [6.07, 6.45) is 0.690. The van der Waals surface area contributed by atoms with Crippen molar-refractivity contribution in [3.63, 3.8) is 0 Å². The number of alkyl carbamates (subject to hydrolysis) is 1. The molecule has 0 aliphatic carbocycles. The molecule has 0 aliphatic heterocycles. The van der Waals surface area contributed by atoms with E-state index in [4.69, 9.17) is 21.7 Å². The molecule has 0 aliphatic rings. The minimum Gasteiger partial charge on any atom is -0.488 e. The molecule has 0 unspecified atom stereocenters. The summed E-state index contributed by atoms with van der Waals surface area (Å²) >= 11 is 5.33. The molecule has 0 radical (unpaired) electrons. The lowest BCUT2D eigenvalue weighted by atomic mass is 10.1. The minimum absolute atomic E-state index is 0.202. The number of nitrogens with zero attached hydrogens (tertiary/aromatic N) is 1. The van der Waals surface area contributed by atoms with Crippen molar-refractivity contribution in [3.8, 4) is 0 Å². The molecule has 162 valence electrons. The highest BCUT2D eigenvalue weighted by atomic mass is 32.1. The van der Waals surface area contributed by atoms with Crippen molar-refractivity contribution in [1.29, 1.82) is 0 Å². The van der Waals surface area contributed by atoms with Crippen LogP contribution in [0.3, 0.4) is 0 Å². The van der Waals surface area contributed by atoms with Gasteiger partial charge in [-0.1, -0.05) is 25.5 Å². The fourth-order valence-corrected chi connectivity index (χ4v) is 2.98. The molecular weight excluding hydrogens is 395 g/mol. The highest BCUT2D eigenvalue weighted by molar-refractivity contribution is 7.80. The van der Waals surface area contributed by atoms with Crippen LogP contribution in [0, 0.1) is 5.82 Å². The summed E-state index contributed by atoms with van der Waals surface area (Å²) in [5.41, 5.74) is 0.0625. The lowest BCUT2D eigenvalue weighted by Gasteiger charge is -2.34. The van der Waals surface area contributed by atoms with Crippen molar-refractivity contribution in [1.82, 2.24) is 10.2 Å². The number of halogens is 1. The zero-order chi connectivity index (χ0) is 22.2. The minimum atomic E-state index is -0.843. The van der Waals surface area contributed by atoms with E-state index in [1.165, 1.54) is 19.2 Å². The molecule has 29 heavy (non-hydrogen) atoms. The number of hydrogen-bond acceptors (Lipinski definition) is 5. The number of ether oxygens (including phenoxy) is 2. The molecule has 1 rings (SSSR count). The van der Waals surface area contributed by atoms with E-state index in [9.17, 15) is 14.0 Å². The largest absolute Gasteiger partial charge is 0.488 e. The van der Waals surface area contributed by atoms with Crippen LogP contribution in [-0.4, -0.2) is 46.7 Å². The molecule has 2 amide bonds.